The summed E-state index contributed by atoms with van der Waals surface area (Å²) < 4.78 is 48.6. The van der Waals surface area contributed by atoms with Gasteiger partial charge in [0.25, 0.3) is 0 Å². The Morgan fingerprint density at radius 2 is 1.02 bits per heavy atom. The first kappa shape index (κ1) is 42.6. The van der Waals surface area contributed by atoms with Crippen LogP contribution in [0.1, 0.15) is 88.7 Å². The van der Waals surface area contributed by atoms with Gasteiger partial charge in [-0.05, 0) is 169 Å². The number of aryl methyl sites for hydroxylation is 4. The molecule has 4 rings (SSSR count). The van der Waals surface area contributed by atoms with E-state index in [1.54, 1.807) is 72.8 Å². The number of carbonyl (C=O) groups is 3. The quantitative estimate of drug-likeness (QED) is 0.0920. The lowest BCUT2D eigenvalue weighted by Gasteiger charge is -2.30. The largest absolute Gasteiger partial charge is 0.507 e. The highest BCUT2D eigenvalue weighted by Gasteiger charge is 2.35. The lowest BCUT2D eigenvalue weighted by molar-refractivity contribution is -0.171. The molecule has 54 heavy (non-hydrogen) atoms. The van der Waals surface area contributed by atoms with Gasteiger partial charge in [0.15, 0.2) is 40.3 Å². The molecule has 0 aromatic heterocycles. The molecule has 0 atom stereocenters. The third-order valence-electron chi connectivity index (χ3n) is 7.97. The molecular weight excluding hydrogens is 694 g/mol. The average molecular weight is 743 g/mol. The Bertz CT molecular complexity index is 2040. The third-order valence-corrected chi connectivity index (χ3v) is 7.97. The van der Waals surface area contributed by atoms with Crippen molar-refractivity contribution in [2.45, 2.75) is 73.5 Å². The fourth-order valence-corrected chi connectivity index (χ4v) is 5.20. The Morgan fingerprint density at radius 3 is 1.37 bits per heavy atom. The van der Waals surface area contributed by atoms with Gasteiger partial charge in [0, 0.05) is 11.1 Å². The van der Waals surface area contributed by atoms with Crippen LogP contribution in [0, 0.1) is 39.3 Å². The minimum absolute atomic E-state index is 0.0849. The van der Waals surface area contributed by atoms with E-state index in [0.29, 0.717) is 5.75 Å². The molecule has 4 aromatic carbocycles. The van der Waals surface area contributed by atoms with Crippen LogP contribution in [-0.2, 0) is 9.53 Å². The number of benzene rings is 4. The molecule has 0 spiro atoms. The molecule has 1 N–H and O–H groups in total. The van der Waals surface area contributed by atoms with Crippen LogP contribution in [0.3, 0.4) is 0 Å². The molecule has 0 amide bonds. The summed E-state index contributed by atoms with van der Waals surface area (Å²) in [4.78, 5) is 37.0. The Hall–Kier alpha value is -5.77. The molecule has 0 heterocycles. The molecule has 4 aromatic rings. The number of carbonyl (C=O) groups excluding carboxylic acids is 3. The minimum atomic E-state index is -1.17. The van der Waals surface area contributed by atoms with Gasteiger partial charge in [-0.15, -0.1) is 0 Å². The van der Waals surface area contributed by atoms with Crippen LogP contribution >= 0.6 is 0 Å². The van der Waals surface area contributed by atoms with Crippen molar-refractivity contribution in [3.05, 3.63) is 129 Å². The second-order valence-corrected chi connectivity index (χ2v) is 14.2. The van der Waals surface area contributed by atoms with Crippen molar-refractivity contribution in [3.8, 4) is 23.0 Å². The highest BCUT2D eigenvalue weighted by atomic mass is 19.1. The van der Waals surface area contributed by atoms with Gasteiger partial charge in [-0.3, -0.25) is 9.59 Å². The van der Waals surface area contributed by atoms with Gasteiger partial charge in [-0.25, -0.2) is 13.6 Å². The maximum Gasteiger partial charge on any atom is 0.350 e. The summed E-state index contributed by atoms with van der Waals surface area (Å²) in [5, 5.41) is 9.72. The number of ether oxygens (including phenoxy) is 4. The van der Waals surface area contributed by atoms with Gasteiger partial charge in [0.05, 0.1) is 14.2 Å². The van der Waals surface area contributed by atoms with Crippen molar-refractivity contribution in [2.24, 2.45) is 0 Å². The second-order valence-electron chi connectivity index (χ2n) is 14.2. The van der Waals surface area contributed by atoms with E-state index in [9.17, 15) is 28.3 Å². The van der Waals surface area contributed by atoms with Crippen LogP contribution in [-0.4, -0.2) is 48.1 Å². The number of esters is 1. The number of phenols is 1. The maximum absolute atomic E-state index is 13.9. The van der Waals surface area contributed by atoms with Crippen molar-refractivity contribution < 1.29 is 47.2 Å². The van der Waals surface area contributed by atoms with Gasteiger partial charge in [0.2, 0.25) is 0 Å². The summed E-state index contributed by atoms with van der Waals surface area (Å²) in [5.74, 6) is -1.22. The van der Waals surface area contributed by atoms with Crippen LogP contribution in [0.2, 0.25) is 0 Å². The number of allylic oxidation sites excluding steroid dienone is 2. The van der Waals surface area contributed by atoms with Crippen molar-refractivity contribution >= 4 is 29.7 Å². The summed E-state index contributed by atoms with van der Waals surface area (Å²) in [6.07, 6.45) is 6.07. The SMILES string of the molecule is COc1ccc(C(=O)/C=C/c2cc(C)c(O)c(C)c2)cc1F.COc1ccc(C(=O)/C=C/c2cc(C)c(OC(C)(C)C(=O)OC(C)(C)C)c(C)c2)cc1F. The van der Waals surface area contributed by atoms with E-state index in [2.05, 4.69) is 0 Å². The van der Waals surface area contributed by atoms with E-state index in [1.807, 2.05) is 26.0 Å². The minimum Gasteiger partial charge on any atom is -0.507 e. The number of rotatable bonds is 11. The van der Waals surface area contributed by atoms with Gasteiger partial charge >= 0.3 is 5.97 Å². The van der Waals surface area contributed by atoms with Crippen molar-refractivity contribution in [1.29, 1.82) is 0 Å². The normalized spacial score (nSPS) is 11.6. The van der Waals surface area contributed by atoms with E-state index in [4.69, 9.17) is 18.9 Å². The molecule has 10 heteroatoms. The molecule has 0 fully saturated rings. The first-order valence-electron chi connectivity index (χ1n) is 17.1. The van der Waals surface area contributed by atoms with E-state index in [-0.39, 0.29) is 39.9 Å². The molecule has 8 nitrogen and oxygen atoms in total. The van der Waals surface area contributed by atoms with Crippen molar-refractivity contribution in [1.82, 2.24) is 0 Å². The number of halogens is 2. The molecule has 0 aliphatic carbocycles. The van der Waals surface area contributed by atoms with Crippen LogP contribution in [0.4, 0.5) is 8.78 Å². The smallest absolute Gasteiger partial charge is 0.350 e. The van der Waals surface area contributed by atoms with E-state index >= 15 is 0 Å². The molecule has 0 aliphatic rings. The van der Waals surface area contributed by atoms with E-state index in [0.717, 1.165) is 45.5 Å². The fourth-order valence-electron chi connectivity index (χ4n) is 5.20. The Balaban J connectivity index is 0.000000311. The topological polar surface area (TPSA) is 108 Å². The Labute approximate surface area is 316 Å². The van der Waals surface area contributed by atoms with E-state index < -0.39 is 28.8 Å². The molecular formula is C44H48F2O8. The highest BCUT2D eigenvalue weighted by molar-refractivity contribution is 6.07. The fraction of sp³-hybridized carbons (Fsp3) is 0.295. The van der Waals surface area contributed by atoms with Crippen LogP contribution in [0.15, 0.2) is 72.8 Å². The molecule has 0 radical (unpaired) electrons. The third kappa shape index (κ3) is 11.6. The monoisotopic (exact) mass is 742 g/mol. The van der Waals surface area contributed by atoms with E-state index in [1.165, 1.54) is 50.6 Å². The van der Waals surface area contributed by atoms with Crippen molar-refractivity contribution in [3.63, 3.8) is 0 Å². The number of aromatic hydroxyl groups is 1. The molecule has 0 aliphatic heterocycles. The van der Waals surface area contributed by atoms with Crippen molar-refractivity contribution in [2.75, 3.05) is 14.2 Å². The van der Waals surface area contributed by atoms with Gasteiger partial charge in [-0.2, -0.15) is 0 Å². The molecule has 286 valence electrons. The first-order valence-corrected chi connectivity index (χ1v) is 17.1. The van der Waals surface area contributed by atoms with Gasteiger partial charge in [0.1, 0.15) is 17.1 Å². The van der Waals surface area contributed by atoms with Crippen LogP contribution in [0.25, 0.3) is 12.2 Å². The molecule has 0 saturated carbocycles. The predicted molar refractivity (Wildman–Crippen MR) is 207 cm³/mol. The summed E-state index contributed by atoms with van der Waals surface area (Å²) in [6.45, 7) is 16.1. The predicted octanol–water partition coefficient (Wildman–Crippen LogP) is 9.90. The number of hydrogen-bond donors (Lipinski definition) is 1. The van der Waals surface area contributed by atoms with Crippen LogP contribution in [0.5, 0.6) is 23.0 Å². The van der Waals surface area contributed by atoms with Gasteiger partial charge in [-0.1, -0.05) is 12.2 Å². The summed E-state index contributed by atoms with van der Waals surface area (Å²) >= 11 is 0. The molecule has 0 saturated heterocycles. The maximum atomic E-state index is 13.9. The molecule has 0 unspecified atom stereocenters. The van der Waals surface area contributed by atoms with Crippen LogP contribution < -0.4 is 14.2 Å². The zero-order chi connectivity index (χ0) is 40.5. The summed E-state index contributed by atoms with van der Waals surface area (Å²) in [6, 6.07) is 15.4. The zero-order valence-electron chi connectivity index (χ0n) is 32.6. The lowest BCUT2D eigenvalue weighted by Crippen LogP contribution is -2.43. The highest BCUT2D eigenvalue weighted by Crippen LogP contribution is 2.31. The number of methoxy groups -OCH3 is 2. The summed E-state index contributed by atoms with van der Waals surface area (Å²) in [7, 11) is 2.74. The number of ketones is 2. The Morgan fingerprint density at radius 1 is 0.630 bits per heavy atom. The molecule has 0 bridgehead atoms. The average Bonchev–Trinajstić information content (AvgIpc) is 3.09. The number of hydrogen-bond acceptors (Lipinski definition) is 8. The first-order chi connectivity index (χ1) is 25.1. The second kappa shape index (κ2) is 17.8. The standard InChI is InChI=1S/C26H31FO5.C18H17FO3/c1-16-13-18(9-11-21(28)19-10-12-22(30-8)20(27)15-19)14-17(2)23(16)31-26(6,7)24(29)32-25(3,4)5;1-11-8-13(9-12(2)18(11)21)4-6-16(20)14-5-7-17(22-3)15(19)10-14/h9-15H,1-8H3;4-10,21H,1-3H3/b11-9+;6-4+. The Kier molecular flexibility index (Phi) is 14.1. The lowest BCUT2D eigenvalue weighted by atomic mass is 10.0. The zero-order valence-corrected chi connectivity index (χ0v) is 32.6. The van der Waals surface area contributed by atoms with Gasteiger partial charge < -0.3 is 24.1 Å². The number of phenolic OH excluding ortho intramolecular Hbond substituents is 1. The summed E-state index contributed by atoms with van der Waals surface area (Å²) in [5.41, 5.74) is 3.37.